The molecule has 0 amide bonds. The van der Waals surface area contributed by atoms with E-state index in [4.69, 9.17) is 10.00 Å². The van der Waals surface area contributed by atoms with Gasteiger partial charge in [-0.05, 0) is 6.08 Å². The molecule has 15 heavy (non-hydrogen) atoms. The van der Waals surface area contributed by atoms with Crippen LogP contribution in [0.3, 0.4) is 0 Å². The van der Waals surface area contributed by atoms with Gasteiger partial charge in [-0.1, -0.05) is 25.2 Å². The third-order valence-electron chi connectivity index (χ3n) is 2.20. The van der Waals surface area contributed by atoms with E-state index in [-0.39, 0.29) is 12.8 Å². The second-order valence-electron chi connectivity index (χ2n) is 3.29. The van der Waals surface area contributed by atoms with Crippen molar-refractivity contribution in [3.8, 4) is 6.07 Å². The van der Waals surface area contributed by atoms with Crippen molar-refractivity contribution in [1.29, 1.82) is 5.26 Å². The summed E-state index contributed by atoms with van der Waals surface area (Å²) in [7, 11) is 0. The first kappa shape index (κ1) is 11.5. The van der Waals surface area contributed by atoms with Crippen LogP contribution >= 0.6 is 0 Å². The Hall–Kier alpha value is -1.60. The lowest BCUT2D eigenvalue weighted by atomic mass is 9.91. The van der Waals surface area contributed by atoms with Gasteiger partial charge >= 0.3 is 5.97 Å². The number of nitrogens with zero attached hydrogens (tertiary/aromatic N) is 1. The molecule has 0 heterocycles. The summed E-state index contributed by atoms with van der Waals surface area (Å²) in [6, 6.07) is 1.95. The van der Waals surface area contributed by atoms with Crippen LogP contribution in [0.5, 0.6) is 0 Å². The van der Waals surface area contributed by atoms with E-state index in [1.54, 1.807) is 25.2 Å². The first-order valence-electron chi connectivity index (χ1n) is 4.79. The monoisotopic (exact) mass is 207 g/mol. The summed E-state index contributed by atoms with van der Waals surface area (Å²) < 4.78 is 4.92. The van der Waals surface area contributed by atoms with Crippen molar-refractivity contribution in [2.24, 2.45) is 5.92 Å². The van der Waals surface area contributed by atoms with Crippen LogP contribution in [0.2, 0.25) is 0 Å². The zero-order valence-electron chi connectivity index (χ0n) is 8.51. The normalized spacial score (nSPS) is 28.5. The van der Waals surface area contributed by atoms with E-state index in [1.807, 2.05) is 6.07 Å². The number of nitriles is 1. The van der Waals surface area contributed by atoms with E-state index in [9.17, 15) is 9.90 Å². The maximum Gasteiger partial charge on any atom is 0.308 e. The van der Waals surface area contributed by atoms with Gasteiger partial charge in [0.2, 0.25) is 5.79 Å². The van der Waals surface area contributed by atoms with Gasteiger partial charge in [0.15, 0.2) is 0 Å². The summed E-state index contributed by atoms with van der Waals surface area (Å²) in [5, 5.41) is 18.6. The summed E-state index contributed by atoms with van der Waals surface area (Å²) in [5.74, 6) is -2.65. The summed E-state index contributed by atoms with van der Waals surface area (Å²) in [5.41, 5.74) is 0. The molecule has 2 unspecified atom stereocenters. The van der Waals surface area contributed by atoms with E-state index in [1.165, 1.54) is 6.08 Å². The van der Waals surface area contributed by atoms with Gasteiger partial charge in [0.25, 0.3) is 0 Å². The van der Waals surface area contributed by atoms with E-state index < -0.39 is 17.7 Å². The molecule has 0 radical (unpaired) electrons. The molecule has 1 aliphatic rings. The molecule has 0 saturated heterocycles. The summed E-state index contributed by atoms with van der Waals surface area (Å²) >= 11 is 0. The number of carbonyl (C=O) groups excluding carboxylic acids is 1. The van der Waals surface area contributed by atoms with Gasteiger partial charge in [0.1, 0.15) is 0 Å². The first-order chi connectivity index (χ1) is 7.12. The molecule has 1 aliphatic carbocycles. The third-order valence-corrected chi connectivity index (χ3v) is 2.20. The fraction of sp³-hybridized carbons (Fsp3) is 0.455. The number of rotatable bonds is 3. The highest BCUT2D eigenvalue weighted by Gasteiger charge is 2.37. The van der Waals surface area contributed by atoms with E-state index >= 15 is 0 Å². The number of carbonyl (C=O) groups is 1. The van der Waals surface area contributed by atoms with Crippen LogP contribution in [-0.4, -0.2) is 16.9 Å². The van der Waals surface area contributed by atoms with Crippen molar-refractivity contribution in [3.05, 3.63) is 24.3 Å². The van der Waals surface area contributed by atoms with Crippen molar-refractivity contribution in [1.82, 2.24) is 0 Å². The number of ether oxygens (including phenoxy) is 1. The van der Waals surface area contributed by atoms with E-state index in [0.717, 1.165) is 0 Å². The molecule has 2 atom stereocenters. The molecule has 4 nitrogen and oxygen atoms in total. The Bertz CT molecular complexity index is 340. The van der Waals surface area contributed by atoms with Crippen molar-refractivity contribution < 1.29 is 14.6 Å². The van der Waals surface area contributed by atoms with Crippen LogP contribution in [0.25, 0.3) is 0 Å². The Morgan fingerprint density at radius 1 is 1.67 bits per heavy atom. The number of hydrogen-bond donors (Lipinski definition) is 1. The molecule has 1 N–H and O–H groups in total. The van der Waals surface area contributed by atoms with Crippen LogP contribution in [0.15, 0.2) is 24.3 Å². The fourth-order valence-electron chi connectivity index (χ4n) is 1.33. The molecule has 80 valence electrons. The molecule has 0 aliphatic heterocycles. The van der Waals surface area contributed by atoms with Crippen LogP contribution in [0.4, 0.5) is 0 Å². The van der Waals surface area contributed by atoms with Gasteiger partial charge in [-0.2, -0.15) is 5.26 Å². The zero-order valence-corrected chi connectivity index (χ0v) is 8.51. The molecule has 0 spiro atoms. The first-order valence-corrected chi connectivity index (χ1v) is 4.79. The second-order valence-corrected chi connectivity index (χ2v) is 3.29. The van der Waals surface area contributed by atoms with Crippen LogP contribution in [-0.2, 0) is 9.53 Å². The number of allylic oxidation sites excluding steroid dienone is 2. The smallest absolute Gasteiger partial charge is 0.308 e. The summed E-state index contributed by atoms with van der Waals surface area (Å²) in [4.78, 5) is 11.1. The summed E-state index contributed by atoms with van der Waals surface area (Å²) in [6.07, 6.45) is 6.66. The number of esters is 1. The van der Waals surface area contributed by atoms with Crippen molar-refractivity contribution >= 4 is 5.97 Å². The standard InChI is InChI=1S/C11H13NO3/c1-2-10(13)15-11(14)7-4-3-5-9(11)6-8-12/h3-5,7,9,14H,2,6H2,1H3. The van der Waals surface area contributed by atoms with Gasteiger partial charge in [-0.15, -0.1) is 0 Å². The average Bonchev–Trinajstić information content (AvgIpc) is 2.21. The second kappa shape index (κ2) is 4.76. The Labute approximate surface area is 88.5 Å². The predicted molar refractivity (Wildman–Crippen MR) is 53.3 cm³/mol. The lowest BCUT2D eigenvalue weighted by molar-refractivity contribution is -0.202. The molecule has 0 aromatic rings. The molecule has 0 bridgehead atoms. The van der Waals surface area contributed by atoms with Gasteiger partial charge in [0.05, 0.1) is 12.0 Å². The highest BCUT2D eigenvalue weighted by Crippen LogP contribution is 2.28. The molecule has 0 aromatic carbocycles. The number of hydrogen-bond acceptors (Lipinski definition) is 4. The van der Waals surface area contributed by atoms with E-state index in [0.29, 0.717) is 0 Å². The molecule has 0 fully saturated rings. The SMILES string of the molecule is CCC(=O)OC1(O)C=CC=CC1CC#N. The van der Waals surface area contributed by atoms with E-state index in [2.05, 4.69) is 0 Å². The van der Waals surface area contributed by atoms with Gasteiger partial charge in [-0.3, -0.25) is 4.79 Å². The average molecular weight is 207 g/mol. The maximum atomic E-state index is 11.1. The highest BCUT2D eigenvalue weighted by molar-refractivity contribution is 5.69. The maximum absolute atomic E-state index is 11.1. The fourth-order valence-corrected chi connectivity index (χ4v) is 1.33. The van der Waals surface area contributed by atoms with Gasteiger partial charge < -0.3 is 9.84 Å². The van der Waals surface area contributed by atoms with Crippen LogP contribution in [0, 0.1) is 17.2 Å². The Morgan fingerprint density at radius 2 is 2.40 bits per heavy atom. The molecule has 1 rings (SSSR count). The topological polar surface area (TPSA) is 70.3 Å². The van der Waals surface area contributed by atoms with Crippen LogP contribution < -0.4 is 0 Å². The molecule has 0 saturated carbocycles. The van der Waals surface area contributed by atoms with Crippen molar-refractivity contribution in [3.63, 3.8) is 0 Å². The summed E-state index contributed by atoms with van der Waals surface area (Å²) in [6.45, 7) is 1.65. The minimum absolute atomic E-state index is 0.105. The predicted octanol–water partition coefficient (Wildman–Crippen LogP) is 1.28. The Kier molecular flexibility index (Phi) is 3.64. The highest BCUT2D eigenvalue weighted by atomic mass is 16.7. The number of aliphatic hydroxyl groups is 1. The lowest BCUT2D eigenvalue weighted by Crippen LogP contribution is -2.40. The molecule has 0 aromatic heterocycles. The van der Waals surface area contributed by atoms with Crippen LogP contribution in [0.1, 0.15) is 19.8 Å². The minimum Gasteiger partial charge on any atom is -0.429 e. The lowest BCUT2D eigenvalue weighted by Gasteiger charge is -2.31. The van der Waals surface area contributed by atoms with Crippen molar-refractivity contribution in [2.45, 2.75) is 25.6 Å². The molecular weight excluding hydrogens is 194 g/mol. The third kappa shape index (κ3) is 2.67. The minimum atomic E-state index is -1.67. The van der Waals surface area contributed by atoms with Gasteiger partial charge in [0, 0.05) is 12.8 Å². The molecule has 4 heteroatoms. The molecular formula is C11H13NO3. The Balaban J connectivity index is 2.79. The van der Waals surface area contributed by atoms with Gasteiger partial charge in [-0.25, -0.2) is 0 Å². The largest absolute Gasteiger partial charge is 0.429 e. The van der Waals surface area contributed by atoms with Crippen molar-refractivity contribution in [2.75, 3.05) is 0 Å². The Morgan fingerprint density at radius 3 is 3.00 bits per heavy atom. The zero-order chi connectivity index (χ0) is 11.3. The quantitative estimate of drug-likeness (QED) is 0.559.